The van der Waals surface area contributed by atoms with Gasteiger partial charge in [0.2, 0.25) is 10.0 Å². The van der Waals surface area contributed by atoms with E-state index in [2.05, 4.69) is 58.6 Å². The summed E-state index contributed by atoms with van der Waals surface area (Å²) in [6, 6.07) is 15.1. The number of nitrogens with one attached hydrogen (secondary N) is 2. The lowest BCUT2D eigenvalue weighted by Gasteiger charge is -2.24. The number of nitrogens with two attached hydrogens (primary N) is 1. The number of rotatable bonds is 9. The van der Waals surface area contributed by atoms with Crippen molar-refractivity contribution in [1.82, 2.24) is 10.6 Å². The standard InChI is InChI=1S/C21H31N5O2S/c1-4-26(19-7-5-6-17(2)16-19)15-14-25-21(23-3)24-13-12-18-8-10-20(11-9-18)29(22,27)28/h5-11,16H,4,12-15H2,1-3H3,(H2,22,27,28)(H2,23,24,25). The number of sulfonamides is 1. The summed E-state index contributed by atoms with van der Waals surface area (Å²) in [5.41, 5.74) is 3.50. The Kier molecular flexibility index (Phi) is 8.48. The van der Waals surface area contributed by atoms with Crippen LogP contribution in [0.1, 0.15) is 18.1 Å². The van der Waals surface area contributed by atoms with Crippen molar-refractivity contribution in [2.24, 2.45) is 10.1 Å². The van der Waals surface area contributed by atoms with Crippen LogP contribution in [-0.4, -0.2) is 47.6 Å². The molecule has 0 aliphatic carbocycles. The normalized spacial score (nSPS) is 11.9. The first kappa shape index (κ1) is 22.7. The number of guanidine groups is 1. The summed E-state index contributed by atoms with van der Waals surface area (Å²) >= 11 is 0. The van der Waals surface area contributed by atoms with Gasteiger partial charge in [0.15, 0.2) is 5.96 Å². The molecule has 0 unspecified atom stereocenters. The number of nitrogens with zero attached hydrogens (tertiary/aromatic N) is 2. The van der Waals surface area contributed by atoms with Crippen molar-refractivity contribution in [2.75, 3.05) is 38.1 Å². The van der Waals surface area contributed by atoms with Crippen molar-refractivity contribution < 1.29 is 8.42 Å². The van der Waals surface area contributed by atoms with E-state index in [0.717, 1.165) is 37.6 Å². The molecule has 0 saturated heterocycles. The first-order valence-corrected chi connectivity index (χ1v) is 11.3. The fourth-order valence-electron chi connectivity index (χ4n) is 3.00. The predicted molar refractivity (Wildman–Crippen MR) is 120 cm³/mol. The van der Waals surface area contributed by atoms with E-state index in [-0.39, 0.29) is 4.90 Å². The van der Waals surface area contributed by atoms with Gasteiger partial charge in [-0.15, -0.1) is 0 Å². The molecule has 2 aromatic rings. The van der Waals surface area contributed by atoms with E-state index in [0.29, 0.717) is 6.54 Å². The lowest BCUT2D eigenvalue weighted by atomic mass is 10.1. The van der Waals surface area contributed by atoms with Crippen molar-refractivity contribution in [2.45, 2.75) is 25.2 Å². The average molecular weight is 418 g/mol. The Hall–Kier alpha value is -2.58. The number of hydrogen-bond donors (Lipinski definition) is 3. The van der Waals surface area contributed by atoms with E-state index in [1.54, 1.807) is 19.2 Å². The second-order valence-electron chi connectivity index (χ2n) is 6.78. The van der Waals surface area contributed by atoms with Gasteiger partial charge in [-0.1, -0.05) is 24.3 Å². The highest BCUT2D eigenvalue weighted by atomic mass is 32.2. The molecule has 0 aliphatic rings. The van der Waals surface area contributed by atoms with E-state index in [1.807, 2.05) is 0 Å². The quantitative estimate of drug-likeness (QED) is 0.427. The topological polar surface area (TPSA) is 99.8 Å². The van der Waals surface area contributed by atoms with Crippen molar-refractivity contribution in [3.8, 4) is 0 Å². The van der Waals surface area contributed by atoms with Crippen LogP contribution in [0, 0.1) is 6.92 Å². The summed E-state index contributed by atoms with van der Waals surface area (Å²) in [4.78, 5) is 6.70. The lowest BCUT2D eigenvalue weighted by molar-refractivity contribution is 0.598. The van der Waals surface area contributed by atoms with Gasteiger partial charge in [-0.25, -0.2) is 13.6 Å². The van der Waals surface area contributed by atoms with Crippen LogP contribution in [0.3, 0.4) is 0 Å². The lowest BCUT2D eigenvalue weighted by Crippen LogP contribution is -2.42. The fourth-order valence-corrected chi connectivity index (χ4v) is 3.51. The van der Waals surface area contributed by atoms with Crippen LogP contribution in [-0.2, 0) is 16.4 Å². The zero-order valence-electron chi connectivity index (χ0n) is 17.4. The van der Waals surface area contributed by atoms with Crippen LogP contribution >= 0.6 is 0 Å². The van der Waals surface area contributed by atoms with E-state index >= 15 is 0 Å². The molecule has 0 amide bonds. The molecule has 0 atom stereocenters. The van der Waals surface area contributed by atoms with Gasteiger partial charge in [0.05, 0.1) is 4.90 Å². The Morgan fingerprint density at radius 2 is 1.79 bits per heavy atom. The number of aliphatic imine (C=N–C) groups is 1. The van der Waals surface area contributed by atoms with Gasteiger partial charge in [0, 0.05) is 38.9 Å². The van der Waals surface area contributed by atoms with Crippen LogP contribution < -0.4 is 20.7 Å². The maximum absolute atomic E-state index is 11.3. The second kappa shape index (κ2) is 10.8. The van der Waals surface area contributed by atoms with Gasteiger partial charge in [-0.2, -0.15) is 0 Å². The Balaban J connectivity index is 1.77. The van der Waals surface area contributed by atoms with Crippen LogP contribution in [0.5, 0.6) is 0 Å². The summed E-state index contributed by atoms with van der Waals surface area (Å²) in [6.07, 6.45) is 0.746. The SMILES string of the molecule is CCN(CCNC(=NC)NCCc1ccc(S(N)(=O)=O)cc1)c1cccc(C)c1. The molecule has 0 fully saturated rings. The summed E-state index contributed by atoms with van der Waals surface area (Å²) in [5, 5.41) is 11.7. The van der Waals surface area contributed by atoms with Gasteiger partial charge in [-0.05, 0) is 55.7 Å². The second-order valence-corrected chi connectivity index (χ2v) is 8.34. The molecule has 29 heavy (non-hydrogen) atoms. The monoisotopic (exact) mass is 417 g/mol. The summed E-state index contributed by atoms with van der Waals surface area (Å²) in [7, 11) is -1.90. The molecular formula is C21H31N5O2S. The minimum Gasteiger partial charge on any atom is -0.370 e. The zero-order valence-corrected chi connectivity index (χ0v) is 18.2. The molecule has 8 heteroatoms. The average Bonchev–Trinajstić information content (AvgIpc) is 2.69. The molecule has 2 rings (SSSR count). The molecule has 0 aliphatic heterocycles. The first-order chi connectivity index (χ1) is 13.8. The molecule has 0 spiro atoms. The van der Waals surface area contributed by atoms with Crippen molar-refractivity contribution >= 4 is 21.7 Å². The molecule has 158 valence electrons. The highest BCUT2D eigenvalue weighted by molar-refractivity contribution is 7.89. The van der Waals surface area contributed by atoms with Gasteiger partial charge in [-0.3, -0.25) is 4.99 Å². The summed E-state index contributed by atoms with van der Waals surface area (Å²) in [5.74, 6) is 0.742. The number of likely N-dealkylation sites (N-methyl/N-ethyl adjacent to an activating group) is 1. The van der Waals surface area contributed by atoms with Gasteiger partial charge in [0.25, 0.3) is 0 Å². The number of primary sulfonamides is 1. The van der Waals surface area contributed by atoms with E-state index in [4.69, 9.17) is 5.14 Å². The van der Waals surface area contributed by atoms with Crippen LogP contribution in [0.2, 0.25) is 0 Å². The molecule has 0 bridgehead atoms. The Morgan fingerprint density at radius 1 is 1.10 bits per heavy atom. The molecule has 2 aromatic carbocycles. The molecule has 7 nitrogen and oxygen atoms in total. The Bertz CT molecular complexity index is 911. The number of benzene rings is 2. The predicted octanol–water partition coefficient (Wildman–Crippen LogP) is 1.88. The van der Waals surface area contributed by atoms with Crippen LogP contribution in [0.4, 0.5) is 5.69 Å². The van der Waals surface area contributed by atoms with E-state index in [1.165, 1.54) is 23.4 Å². The number of anilines is 1. The molecule has 0 radical (unpaired) electrons. The maximum atomic E-state index is 11.3. The molecule has 4 N–H and O–H groups in total. The molecular weight excluding hydrogens is 386 g/mol. The smallest absolute Gasteiger partial charge is 0.238 e. The fraction of sp³-hybridized carbons (Fsp3) is 0.381. The first-order valence-electron chi connectivity index (χ1n) is 9.71. The Morgan fingerprint density at radius 3 is 2.38 bits per heavy atom. The van der Waals surface area contributed by atoms with Crippen molar-refractivity contribution in [3.05, 3.63) is 59.7 Å². The molecule has 0 heterocycles. The summed E-state index contributed by atoms with van der Waals surface area (Å²) in [6.45, 7) is 7.51. The van der Waals surface area contributed by atoms with Crippen molar-refractivity contribution in [3.63, 3.8) is 0 Å². The van der Waals surface area contributed by atoms with E-state index < -0.39 is 10.0 Å². The highest BCUT2D eigenvalue weighted by Crippen LogP contribution is 2.15. The number of aryl methyl sites for hydroxylation is 1. The third-order valence-electron chi connectivity index (χ3n) is 4.60. The van der Waals surface area contributed by atoms with Crippen LogP contribution in [0.25, 0.3) is 0 Å². The van der Waals surface area contributed by atoms with Gasteiger partial charge in [0.1, 0.15) is 0 Å². The third-order valence-corrected chi connectivity index (χ3v) is 5.53. The molecule has 0 saturated carbocycles. The highest BCUT2D eigenvalue weighted by Gasteiger charge is 2.07. The zero-order chi connectivity index (χ0) is 21.3. The Labute approximate surface area is 174 Å². The molecule has 0 aromatic heterocycles. The maximum Gasteiger partial charge on any atom is 0.238 e. The van der Waals surface area contributed by atoms with Gasteiger partial charge >= 0.3 is 0 Å². The van der Waals surface area contributed by atoms with Gasteiger partial charge < -0.3 is 15.5 Å². The number of hydrogen-bond acceptors (Lipinski definition) is 4. The minimum atomic E-state index is -3.65. The largest absolute Gasteiger partial charge is 0.370 e. The third kappa shape index (κ3) is 7.40. The van der Waals surface area contributed by atoms with Crippen molar-refractivity contribution in [1.29, 1.82) is 0 Å². The minimum absolute atomic E-state index is 0.126. The summed E-state index contributed by atoms with van der Waals surface area (Å²) < 4.78 is 22.6. The van der Waals surface area contributed by atoms with Crippen LogP contribution in [0.15, 0.2) is 58.4 Å². The van der Waals surface area contributed by atoms with E-state index in [9.17, 15) is 8.42 Å².